The molecule has 2 aromatic rings. The molecule has 0 radical (unpaired) electrons. The maximum atomic E-state index is 12.7. The fourth-order valence-electron chi connectivity index (χ4n) is 2.31. The second-order valence-electron chi connectivity index (χ2n) is 5.09. The molecule has 0 aromatic heterocycles. The predicted octanol–water partition coefficient (Wildman–Crippen LogP) is 4.41. The van der Waals surface area contributed by atoms with E-state index in [9.17, 15) is 4.79 Å². The number of aryl methyl sites for hydroxylation is 1. The van der Waals surface area contributed by atoms with E-state index < -0.39 is 0 Å². The van der Waals surface area contributed by atoms with Crippen molar-refractivity contribution in [1.29, 1.82) is 0 Å². The third-order valence-corrected chi connectivity index (χ3v) is 4.81. The monoisotopic (exact) mass is 341 g/mol. The van der Waals surface area contributed by atoms with Crippen LogP contribution in [0.25, 0.3) is 6.08 Å². The number of para-hydroxylation sites is 1. The molecule has 0 N–H and O–H groups in total. The van der Waals surface area contributed by atoms with E-state index >= 15 is 0 Å². The van der Waals surface area contributed by atoms with Crippen molar-refractivity contribution < 1.29 is 9.53 Å². The normalized spacial score (nSPS) is 16.3. The Morgan fingerprint density at radius 1 is 1.13 bits per heavy atom. The van der Waals surface area contributed by atoms with Gasteiger partial charge in [-0.3, -0.25) is 9.69 Å². The molecule has 0 bridgehead atoms. The number of thioether (sulfide) groups is 1. The van der Waals surface area contributed by atoms with E-state index in [1.165, 1.54) is 11.8 Å². The molecular weight excluding hydrogens is 326 g/mol. The fraction of sp³-hybridized carbons (Fsp3) is 0.111. The lowest BCUT2D eigenvalue weighted by atomic mass is 10.1. The molecule has 1 fully saturated rings. The van der Waals surface area contributed by atoms with E-state index in [1.54, 1.807) is 12.0 Å². The highest BCUT2D eigenvalue weighted by Crippen LogP contribution is 2.37. The van der Waals surface area contributed by atoms with Crippen molar-refractivity contribution in [1.82, 2.24) is 0 Å². The van der Waals surface area contributed by atoms with Crippen LogP contribution in [0.2, 0.25) is 0 Å². The van der Waals surface area contributed by atoms with Crippen molar-refractivity contribution in [2.45, 2.75) is 6.92 Å². The molecule has 0 atom stereocenters. The zero-order chi connectivity index (χ0) is 16.4. The summed E-state index contributed by atoms with van der Waals surface area (Å²) in [6.07, 6.45) is 1.83. The minimum atomic E-state index is -0.102. The van der Waals surface area contributed by atoms with Crippen LogP contribution in [-0.4, -0.2) is 17.3 Å². The molecule has 0 aliphatic carbocycles. The zero-order valence-electron chi connectivity index (χ0n) is 12.8. The highest BCUT2D eigenvalue weighted by Gasteiger charge is 2.33. The molecule has 1 amide bonds. The summed E-state index contributed by atoms with van der Waals surface area (Å²) in [4.78, 5) is 14.9. The van der Waals surface area contributed by atoms with Crippen LogP contribution < -0.4 is 9.64 Å². The maximum absolute atomic E-state index is 12.7. The lowest BCUT2D eigenvalue weighted by Gasteiger charge is -2.14. The van der Waals surface area contributed by atoms with E-state index in [1.807, 2.05) is 61.5 Å². The van der Waals surface area contributed by atoms with Crippen molar-refractivity contribution >= 4 is 46.0 Å². The summed E-state index contributed by atoms with van der Waals surface area (Å²) >= 11 is 6.69. The van der Waals surface area contributed by atoms with Gasteiger partial charge in [-0.2, -0.15) is 0 Å². The Hall–Kier alpha value is -2.11. The van der Waals surface area contributed by atoms with Crippen LogP contribution in [-0.2, 0) is 4.79 Å². The minimum Gasteiger partial charge on any atom is -0.496 e. The van der Waals surface area contributed by atoms with Crippen LogP contribution in [0.5, 0.6) is 5.75 Å². The number of amides is 1. The van der Waals surface area contributed by atoms with E-state index in [2.05, 4.69) is 0 Å². The molecule has 0 unspecified atom stereocenters. The number of ether oxygens (including phenoxy) is 1. The predicted molar refractivity (Wildman–Crippen MR) is 99.8 cm³/mol. The van der Waals surface area contributed by atoms with Crippen LogP contribution in [0.1, 0.15) is 11.1 Å². The average Bonchev–Trinajstić information content (AvgIpc) is 2.83. The van der Waals surface area contributed by atoms with Crippen molar-refractivity contribution in [3.63, 3.8) is 0 Å². The highest BCUT2D eigenvalue weighted by molar-refractivity contribution is 8.27. The van der Waals surface area contributed by atoms with Crippen LogP contribution in [0.4, 0.5) is 5.69 Å². The van der Waals surface area contributed by atoms with Gasteiger partial charge in [0.15, 0.2) is 4.32 Å². The molecule has 1 heterocycles. The number of hydrogen-bond donors (Lipinski definition) is 0. The second-order valence-corrected chi connectivity index (χ2v) is 6.77. The number of rotatable bonds is 3. The molecule has 5 heteroatoms. The summed E-state index contributed by atoms with van der Waals surface area (Å²) < 4.78 is 5.87. The van der Waals surface area contributed by atoms with Crippen molar-refractivity contribution in [2.75, 3.05) is 12.0 Å². The summed E-state index contributed by atoms with van der Waals surface area (Å²) in [5, 5.41) is 0. The Kier molecular flexibility index (Phi) is 4.50. The van der Waals surface area contributed by atoms with Crippen LogP contribution >= 0.6 is 24.0 Å². The summed E-state index contributed by atoms with van der Waals surface area (Å²) in [7, 11) is 1.62. The zero-order valence-corrected chi connectivity index (χ0v) is 14.4. The van der Waals surface area contributed by atoms with Gasteiger partial charge in [-0.15, -0.1) is 0 Å². The SMILES string of the molecule is COc1ccccc1/C=C1/SC(=S)N(c2ccc(C)cc2)C1=O. The molecular formula is C18H15NO2S2. The number of hydrogen-bond acceptors (Lipinski definition) is 4. The molecule has 1 aliphatic heterocycles. The van der Waals surface area contributed by atoms with Gasteiger partial charge in [0.05, 0.1) is 17.7 Å². The quantitative estimate of drug-likeness (QED) is 0.611. The fourth-order valence-corrected chi connectivity index (χ4v) is 3.60. The number of methoxy groups -OCH3 is 1. The van der Waals surface area contributed by atoms with Crippen molar-refractivity contribution in [3.8, 4) is 5.75 Å². The molecule has 0 spiro atoms. The number of benzene rings is 2. The Balaban J connectivity index is 1.95. The van der Waals surface area contributed by atoms with E-state index in [0.29, 0.717) is 9.23 Å². The van der Waals surface area contributed by atoms with Crippen molar-refractivity contribution in [3.05, 3.63) is 64.6 Å². The summed E-state index contributed by atoms with van der Waals surface area (Å²) in [6.45, 7) is 2.01. The Labute approximate surface area is 144 Å². The second kappa shape index (κ2) is 6.56. The van der Waals surface area contributed by atoms with Crippen LogP contribution in [0.3, 0.4) is 0 Å². The van der Waals surface area contributed by atoms with Gasteiger partial charge in [0, 0.05) is 5.56 Å². The number of anilines is 1. The molecule has 3 rings (SSSR count). The molecule has 2 aromatic carbocycles. The third kappa shape index (κ3) is 3.16. The lowest BCUT2D eigenvalue weighted by molar-refractivity contribution is -0.113. The number of nitrogens with zero attached hydrogens (tertiary/aromatic N) is 1. The van der Waals surface area contributed by atoms with Gasteiger partial charge in [0.2, 0.25) is 0 Å². The summed E-state index contributed by atoms with van der Waals surface area (Å²) in [6, 6.07) is 15.3. The molecule has 0 saturated carbocycles. The first-order chi connectivity index (χ1) is 11.1. The van der Waals surface area contributed by atoms with Gasteiger partial charge >= 0.3 is 0 Å². The first kappa shape index (κ1) is 15.8. The van der Waals surface area contributed by atoms with Gasteiger partial charge in [0.25, 0.3) is 5.91 Å². The first-order valence-electron chi connectivity index (χ1n) is 7.08. The third-order valence-electron chi connectivity index (χ3n) is 3.51. The standard InChI is InChI=1S/C18H15NO2S2/c1-12-7-9-14(10-8-12)19-17(20)16(23-18(19)22)11-13-5-3-4-6-15(13)21-2/h3-11H,1-2H3/b16-11+. The molecule has 23 heavy (non-hydrogen) atoms. The average molecular weight is 341 g/mol. The molecule has 116 valence electrons. The molecule has 1 aliphatic rings. The van der Waals surface area contributed by atoms with Crippen molar-refractivity contribution in [2.24, 2.45) is 0 Å². The van der Waals surface area contributed by atoms with E-state index in [4.69, 9.17) is 17.0 Å². The Morgan fingerprint density at radius 2 is 1.83 bits per heavy atom. The first-order valence-corrected chi connectivity index (χ1v) is 8.30. The summed E-state index contributed by atoms with van der Waals surface area (Å²) in [5.74, 6) is 0.628. The lowest BCUT2D eigenvalue weighted by Crippen LogP contribution is -2.27. The van der Waals surface area contributed by atoms with Gasteiger partial charge in [-0.25, -0.2) is 0 Å². The van der Waals surface area contributed by atoms with Gasteiger partial charge in [-0.1, -0.05) is 59.9 Å². The van der Waals surface area contributed by atoms with Gasteiger partial charge in [-0.05, 0) is 31.2 Å². The van der Waals surface area contributed by atoms with Gasteiger partial charge < -0.3 is 4.74 Å². The van der Waals surface area contributed by atoms with E-state index in [0.717, 1.165) is 22.6 Å². The van der Waals surface area contributed by atoms with Crippen LogP contribution in [0.15, 0.2) is 53.4 Å². The molecule has 3 nitrogen and oxygen atoms in total. The Bertz CT molecular complexity index is 797. The smallest absolute Gasteiger partial charge is 0.270 e. The number of carbonyl (C=O) groups excluding carboxylic acids is 1. The van der Waals surface area contributed by atoms with E-state index in [-0.39, 0.29) is 5.91 Å². The molecule has 1 saturated heterocycles. The minimum absolute atomic E-state index is 0.102. The number of thiocarbonyl (C=S) groups is 1. The topological polar surface area (TPSA) is 29.5 Å². The van der Waals surface area contributed by atoms with Crippen LogP contribution in [0, 0.1) is 6.92 Å². The summed E-state index contributed by atoms with van der Waals surface area (Å²) in [5.41, 5.74) is 2.80. The highest BCUT2D eigenvalue weighted by atomic mass is 32.2. The van der Waals surface area contributed by atoms with Gasteiger partial charge in [0.1, 0.15) is 5.75 Å². The maximum Gasteiger partial charge on any atom is 0.270 e. The number of carbonyl (C=O) groups is 1. The largest absolute Gasteiger partial charge is 0.496 e. The Morgan fingerprint density at radius 3 is 2.52 bits per heavy atom.